The zero-order chi connectivity index (χ0) is 10.9. The summed E-state index contributed by atoms with van der Waals surface area (Å²) in [5.74, 6) is -0.248. The van der Waals surface area contributed by atoms with Crippen molar-refractivity contribution >= 4 is 0 Å². The number of aryl methyl sites for hydroxylation is 1. The van der Waals surface area contributed by atoms with E-state index in [0.29, 0.717) is 11.1 Å². The molecule has 0 fully saturated rings. The molecule has 0 aliphatic rings. The van der Waals surface area contributed by atoms with Gasteiger partial charge in [0.15, 0.2) is 0 Å². The quantitative estimate of drug-likeness (QED) is 0.765. The molecule has 0 saturated carbocycles. The van der Waals surface area contributed by atoms with Crippen molar-refractivity contribution in [2.45, 2.75) is 26.8 Å². The molecule has 1 atom stereocenters. The average Bonchev–Trinajstić information content (AvgIpc) is 2.10. The van der Waals surface area contributed by atoms with Gasteiger partial charge in [0.25, 0.3) is 0 Å². The van der Waals surface area contributed by atoms with Gasteiger partial charge in [0.2, 0.25) is 0 Å². The highest BCUT2D eigenvalue weighted by Gasteiger charge is 2.16. The predicted octanol–water partition coefficient (Wildman–Crippen LogP) is 2.50. The Bertz CT molecular complexity index is 336. The summed E-state index contributed by atoms with van der Waals surface area (Å²) in [6, 6.07) is 2.47. The summed E-state index contributed by atoms with van der Waals surface area (Å²) in [4.78, 5) is 0. The van der Waals surface area contributed by atoms with Crippen LogP contribution in [0.25, 0.3) is 0 Å². The minimum atomic E-state index is -0.401. The van der Waals surface area contributed by atoms with Gasteiger partial charge in [-0.2, -0.15) is 0 Å². The summed E-state index contributed by atoms with van der Waals surface area (Å²) in [6.07, 6.45) is 0. The highest BCUT2D eigenvalue weighted by Crippen LogP contribution is 2.29. The van der Waals surface area contributed by atoms with Crippen LogP contribution in [0.5, 0.6) is 5.75 Å². The number of benzene rings is 1. The van der Waals surface area contributed by atoms with Gasteiger partial charge in [0, 0.05) is 17.7 Å². The maximum atomic E-state index is 13.0. The fraction of sp³-hybridized carbons (Fsp3) is 0.455. The SMILES string of the molecule is Cc1cc(C(N)C(C)C)c(O)cc1F. The molecule has 0 spiro atoms. The van der Waals surface area contributed by atoms with Gasteiger partial charge in [-0.05, 0) is 24.5 Å². The third-order valence-electron chi connectivity index (χ3n) is 2.39. The molecule has 1 aromatic rings. The minimum absolute atomic E-state index is 0.0608. The van der Waals surface area contributed by atoms with Crippen LogP contribution in [0, 0.1) is 18.7 Å². The predicted molar refractivity (Wildman–Crippen MR) is 54.6 cm³/mol. The number of halogens is 1. The van der Waals surface area contributed by atoms with E-state index >= 15 is 0 Å². The molecule has 1 unspecified atom stereocenters. The number of nitrogens with two attached hydrogens (primary N) is 1. The van der Waals surface area contributed by atoms with Crippen molar-refractivity contribution in [1.29, 1.82) is 0 Å². The van der Waals surface area contributed by atoms with Crippen molar-refractivity contribution in [3.63, 3.8) is 0 Å². The molecule has 1 aromatic carbocycles. The van der Waals surface area contributed by atoms with E-state index in [1.54, 1.807) is 13.0 Å². The average molecular weight is 197 g/mol. The van der Waals surface area contributed by atoms with E-state index in [1.165, 1.54) is 0 Å². The van der Waals surface area contributed by atoms with Crippen LogP contribution in [0.15, 0.2) is 12.1 Å². The van der Waals surface area contributed by atoms with E-state index in [2.05, 4.69) is 0 Å². The Balaban J connectivity index is 3.15. The van der Waals surface area contributed by atoms with Crippen LogP contribution in [0.3, 0.4) is 0 Å². The van der Waals surface area contributed by atoms with E-state index in [-0.39, 0.29) is 17.7 Å². The van der Waals surface area contributed by atoms with Crippen LogP contribution < -0.4 is 5.73 Å². The van der Waals surface area contributed by atoms with Crippen LogP contribution in [-0.4, -0.2) is 5.11 Å². The topological polar surface area (TPSA) is 46.2 Å². The highest BCUT2D eigenvalue weighted by molar-refractivity contribution is 5.39. The third-order valence-corrected chi connectivity index (χ3v) is 2.39. The Kier molecular flexibility index (Phi) is 3.11. The molecule has 0 aliphatic carbocycles. The lowest BCUT2D eigenvalue weighted by molar-refractivity contribution is 0.434. The largest absolute Gasteiger partial charge is 0.508 e. The Morgan fingerprint density at radius 2 is 1.93 bits per heavy atom. The summed E-state index contributed by atoms with van der Waals surface area (Å²) in [6.45, 7) is 5.58. The summed E-state index contributed by atoms with van der Waals surface area (Å²) in [7, 11) is 0. The van der Waals surface area contributed by atoms with Crippen molar-refractivity contribution in [1.82, 2.24) is 0 Å². The van der Waals surface area contributed by atoms with Crippen LogP contribution in [0.4, 0.5) is 4.39 Å². The number of rotatable bonds is 2. The monoisotopic (exact) mass is 197 g/mol. The molecule has 0 radical (unpaired) electrons. The first-order valence-corrected chi connectivity index (χ1v) is 4.68. The molecule has 0 aliphatic heterocycles. The first kappa shape index (κ1) is 11.0. The molecular formula is C11H16FNO. The summed E-state index contributed by atoms with van der Waals surface area (Å²) >= 11 is 0. The van der Waals surface area contributed by atoms with Gasteiger partial charge in [0.05, 0.1) is 0 Å². The second-order valence-corrected chi connectivity index (χ2v) is 3.93. The number of hydrogen-bond acceptors (Lipinski definition) is 2. The fourth-order valence-corrected chi connectivity index (χ4v) is 1.32. The summed E-state index contributed by atoms with van der Waals surface area (Å²) < 4.78 is 13.0. The lowest BCUT2D eigenvalue weighted by Crippen LogP contribution is -2.17. The molecule has 78 valence electrons. The van der Waals surface area contributed by atoms with Crippen molar-refractivity contribution < 1.29 is 9.50 Å². The van der Waals surface area contributed by atoms with Crippen LogP contribution in [-0.2, 0) is 0 Å². The lowest BCUT2D eigenvalue weighted by Gasteiger charge is -2.18. The second kappa shape index (κ2) is 3.96. The number of phenols is 1. The maximum Gasteiger partial charge on any atom is 0.129 e. The van der Waals surface area contributed by atoms with Gasteiger partial charge in [-0.15, -0.1) is 0 Å². The van der Waals surface area contributed by atoms with Crippen molar-refractivity contribution in [3.8, 4) is 5.75 Å². The van der Waals surface area contributed by atoms with E-state index in [4.69, 9.17) is 5.73 Å². The molecule has 0 saturated heterocycles. The first-order chi connectivity index (χ1) is 6.43. The second-order valence-electron chi connectivity index (χ2n) is 3.93. The Morgan fingerprint density at radius 1 is 1.36 bits per heavy atom. The maximum absolute atomic E-state index is 13.0. The van der Waals surface area contributed by atoms with Crippen molar-refractivity contribution in [3.05, 3.63) is 29.1 Å². The molecule has 14 heavy (non-hydrogen) atoms. The number of hydrogen-bond donors (Lipinski definition) is 2. The van der Waals surface area contributed by atoms with Crippen LogP contribution >= 0.6 is 0 Å². The summed E-state index contributed by atoms with van der Waals surface area (Å²) in [5, 5.41) is 9.52. The fourth-order valence-electron chi connectivity index (χ4n) is 1.32. The normalized spacial score (nSPS) is 13.3. The van der Waals surface area contributed by atoms with Gasteiger partial charge in [-0.25, -0.2) is 4.39 Å². The molecule has 3 heteroatoms. The lowest BCUT2D eigenvalue weighted by atomic mass is 9.95. The smallest absolute Gasteiger partial charge is 0.129 e. The van der Waals surface area contributed by atoms with E-state index < -0.39 is 5.82 Å². The molecule has 0 heterocycles. The number of phenolic OH excluding ortho intramolecular Hbond substituents is 1. The Labute approximate surface area is 83.6 Å². The zero-order valence-corrected chi connectivity index (χ0v) is 8.71. The van der Waals surface area contributed by atoms with Gasteiger partial charge in [-0.1, -0.05) is 13.8 Å². The Hall–Kier alpha value is -1.09. The summed E-state index contributed by atoms with van der Waals surface area (Å²) in [5.41, 5.74) is 6.99. The number of aromatic hydroxyl groups is 1. The molecule has 3 N–H and O–H groups in total. The molecule has 1 rings (SSSR count). The third kappa shape index (κ3) is 2.04. The first-order valence-electron chi connectivity index (χ1n) is 4.68. The molecule has 0 bridgehead atoms. The van der Waals surface area contributed by atoms with E-state index in [1.807, 2.05) is 13.8 Å². The molecular weight excluding hydrogens is 181 g/mol. The Morgan fingerprint density at radius 3 is 2.43 bits per heavy atom. The van der Waals surface area contributed by atoms with Crippen molar-refractivity contribution in [2.24, 2.45) is 11.7 Å². The van der Waals surface area contributed by atoms with Crippen LogP contribution in [0.1, 0.15) is 31.0 Å². The van der Waals surface area contributed by atoms with Gasteiger partial charge >= 0.3 is 0 Å². The molecule has 0 aromatic heterocycles. The highest BCUT2D eigenvalue weighted by atomic mass is 19.1. The van der Waals surface area contributed by atoms with Gasteiger partial charge < -0.3 is 10.8 Å². The molecule has 0 amide bonds. The minimum Gasteiger partial charge on any atom is -0.508 e. The molecule has 2 nitrogen and oxygen atoms in total. The van der Waals surface area contributed by atoms with Crippen LogP contribution in [0.2, 0.25) is 0 Å². The van der Waals surface area contributed by atoms with E-state index in [9.17, 15) is 9.50 Å². The van der Waals surface area contributed by atoms with Crippen molar-refractivity contribution in [2.75, 3.05) is 0 Å². The van der Waals surface area contributed by atoms with Gasteiger partial charge in [-0.3, -0.25) is 0 Å². The van der Waals surface area contributed by atoms with Gasteiger partial charge in [0.1, 0.15) is 11.6 Å². The standard InChI is InChI=1S/C11H16FNO/c1-6(2)11(13)8-4-7(3)9(12)5-10(8)14/h4-6,11,14H,13H2,1-3H3. The zero-order valence-electron chi connectivity index (χ0n) is 8.71. The van der Waals surface area contributed by atoms with E-state index in [0.717, 1.165) is 6.07 Å².